The molecular weight excluding hydrogens is 430 g/mol. The Hall–Kier alpha value is -2.09. The van der Waals surface area contributed by atoms with Gasteiger partial charge in [0, 0.05) is 6.20 Å². The number of aromatic nitrogens is 1. The van der Waals surface area contributed by atoms with E-state index in [4.69, 9.17) is 25.2 Å². The summed E-state index contributed by atoms with van der Waals surface area (Å²) in [5.74, 6) is 0.724. The van der Waals surface area contributed by atoms with Crippen molar-refractivity contribution in [1.29, 1.82) is 0 Å². The number of fused-ring (bicyclic) bond motifs is 1. The van der Waals surface area contributed by atoms with Crippen molar-refractivity contribution < 1.29 is 13.6 Å². The molecule has 0 fully saturated rings. The zero-order valence-electron chi connectivity index (χ0n) is 12.5. The Labute approximate surface area is 158 Å². The van der Waals surface area contributed by atoms with Crippen LogP contribution in [0.2, 0.25) is 4.47 Å². The number of nitrogens with zero attached hydrogens (tertiary/aromatic N) is 1. The van der Waals surface area contributed by atoms with Crippen LogP contribution in [-0.4, -0.2) is 4.98 Å². The van der Waals surface area contributed by atoms with Crippen molar-refractivity contribution in [2.45, 2.75) is 6.61 Å². The third-order valence-corrected chi connectivity index (χ3v) is 4.95. The highest BCUT2D eigenvalue weighted by Crippen LogP contribution is 2.34. The maximum atomic E-state index is 12.9. The van der Waals surface area contributed by atoms with Crippen molar-refractivity contribution in [3.63, 3.8) is 0 Å². The van der Waals surface area contributed by atoms with Gasteiger partial charge in [0.05, 0.1) is 10.3 Å². The number of furan rings is 1. The highest BCUT2D eigenvalue weighted by atomic mass is 79.9. The first-order valence-corrected chi connectivity index (χ1v) is 9.15. The summed E-state index contributed by atoms with van der Waals surface area (Å²) in [4.78, 5) is 17.6. The van der Waals surface area contributed by atoms with Crippen molar-refractivity contribution in [2.75, 3.05) is 0 Å². The Balaban J connectivity index is 1.84. The smallest absolute Gasteiger partial charge is 0.235 e. The first kappa shape index (κ1) is 16.4. The molecule has 0 bridgehead atoms. The zero-order valence-corrected chi connectivity index (χ0v) is 15.7. The van der Waals surface area contributed by atoms with Crippen LogP contribution in [0.4, 0.5) is 0 Å². The lowest BCUT2D eigenvalue weighted by Crippen LogP contribution is -2.09. The minimum Gasteiger partial charge on any atom is -0.480 e. The average Bonchev–Trinajstić information content (AvgIpc) is 3.22. The molecule has 25 heavy (non-hydrogen) atoms. The predicted molar refractivity (Wildman–Crippen MR) is 99.3 cm³/mol. The van der Waals surface area contributed by atoms with Gasteiger partial charge in [-0.25, -0.2) is 4.98 Å². The van der Waals surface area contributed by atoms with Crippen LogP contribution < -0.4 is 10.2 Å². The number of thiazole rings is 1. The lowest BCUT2D eigenvalue weighted by atomic mass is 10.2. The quantitative estimate of drug-likeness (QED) is 0.421. The molecule has 0 spiro atoms. The minimum atomic E-state index is -0.264. The molecule has 3 heterocycles. The van der Waals surface area contributed by atoms with Crippen LogP contribution in [-0.2, 0) is 6.61 Å². The molecule has 0 aliphatic carbocycles. The number of para-hydroxylation sites is 1. The van der Waals surface area contributed by atoms with Crippen molar-refractivity contribution >= 4 is 49.8 Å². The number of rotatable bonds is 4. The van der Waals surface area contributed by atoms with Crippen molar-refractivity contribution in [2.24, 2.45) is 0 Å². The molecule has 4 aromatic rings. The molecule has 5 nitrogen and oxygen atoms in total. The van der Waals surface area contributed by atoms with Gasteiger partial charge in [-0.15, -0.1) is 11.3 Å². The van der Waals surface area contributed by atoms with E-state index < -0.39 is 0 Å². The van der Waals surface area contributed by atoms with Crippen LogP contribution in [0.15, 0.2) is 60.9 Å². The topological polar surface area (TPSA) is 65.5 Å². The summed E-state index contributed by atoms with van der Waals surface area (Å²) in [7, 11) is 0. The minimum absolute atomic E-state index is 0.0880. The van der Waals surface area contributed by atoms with Gasteiger partial charge < -0.3 is 13.6 Å². The largest absolute Gasteiger partial charge is 0.480 e. The van der Waals surface area contributed by atoms with Gasteiger partial charge in [0.1, 0.15) is 12.2 Å². The molecule has 0 aliphatic heterocycles. The Morgan fingerprint density at radius 3 is 2.76 bits per heavy atom. The van der Waals surface area contributed by atoms with Crippen LogP contribution in [0.1, 0.15) is 4.88 Å². The molecule has 0 amide bonds. The second-order valence-corrected chi connectivity index (χ2v) is 7.54. The summed E-state index contributed by atoms with van der Waals surface area (Å²) in [6, 6.07) is 10.4. The first-order valence-electron chi connectivity index (χ1n) is 7.16. The molecular formula is C17H9BrClNO4S. The number of halogens is 2. The Morgan fingerprint density at radius 1 is 1.20 bits per heavy atom. The van der Waals surface area contributed by atoms with Gasteiger partial charge in [0.25, 0.3) is 0 Å². The lowest BCUT2D eigenvalue weighted by molar-refractivity contribution is 0.299. The Kier molecular flexibility index (Phi) is 4.37. The van der Waals surface area contributed by atoms with Crippen molar-refractivity contribution in [3.8, 4) is 17.3 Å². The fourth-order valence-electron chi connectivity index (χ4n) is 2.35. The van der Waals surface area contributed by atoms with Gasteiger partial charge in [0.2, 0.25) is 16.9 Å². The molecule has 126 valence electrons. The fourth-order valence-corrected chi connectivity index (χ4v) is 3.55. The third kappa shape index (κ3) is 3.22. The van der Waals surface area contributed by atoms with E-state index in [1.54, 1.807) is 42.6 Å². The molecule has 8 heteroatoms. The molecule has 0 aliphatic rings. The summed E-state index contributed by atoms with van der Waals surface area (Å²) in [6.07, 6.45) is 1.61. The third-order valence-electron chi connectivity index (χ3n) is 3.44. The van der Waals surface area contributed by atoms with Crippen LogP contribution in [0, 0.1) is 0 Å². The molecule has 0 saturated heterocycles. The zero-order chi connectivity index (χ0) is 17.4. The number of ether oxygens (including phenoxy) is 1. The van der Waals surface area contributed by atoms with Gasteiger partial charge in [-0.05, 0) is 40.2 Å². The Morgan fingerprint density at radius 2 is 2.04 bits per heavy atom. The molecule has 4 rings (SSSR count). The maximum absolute atomic E-state index is 12.9. The van der Waals surface area contributed by atoms with Gasteiger partial charge in [0.15, 0.2) is 14.9 Å². The van der Waals surface area contributed by atoms with Gasteiger partial charge in [-0.2, -0.15) is 0 Å². The second kappa shape index (κ2) is 6.67. The summed E-state index contributed by atoms with van der Waals surface area (Å²) >= 11 is 10.4. The van der Waals surface area contributed by atoms with Crippen LogP contribution in [0.5, 0.6) is 5.75 Å². The van der Waals surface area contributed by atoms with E-state index in [1.165, 1.54) is 11.3 Å². The van der Waals surface area contributed by atoms with E-state index in [0.717, 1.165) is 4.88 Å². The molecule has 0 unspecified atom stereocenters. The van der Waals surface area contributed by atoms with Crippen LogP contribution >= 0.6 is 38.9 Å². The van der Waals surface area contributed by atoms with Crippen molar-refractivity contribution in [1.82, 2.24) is 4.98 Å². The van der Waals surface area contributed by atoms with E-state index in [2.05, 4.69) is 20.9 Å². The molecule has 0 N–H and O–H groups in total. The molecule has 0 atom stereocenters. The maximum Gasteiger partial charge on any atom is 0.235 e. The van der Waals surface area contributed by atoms with E-state index >= 15 is 0 Å². The van der Waals surface area contributed by atoms with Crippen molar-refractivity contribution in [3.05, 3.63) is 66.8 Å². The highest BCUT2D eigenvalue weighted by Gasteiger charge is 2.20. The van der Waals surface area contributed by atoms with Crippen LogP contribution in [0.3, 0.4) is 0 Å². The molecule has 1 aromatic carbocycles. The normalized spacial score (nSPS) is 11.1. The highest BCUT2D eigenvalue weighted by molar-refractivity contribution is 9.10. The Bertz CT molecular complexity index is 1120. The van der Waals surface area contributed by atoms with Gasteiger partial charge in [-0.3, -0.25) is 4.79 Å². The first-order chi connectivity index (χ1) is 12.1. The van der Waals surface area contributed by atoms with Crippen LogP contribution in [0.25, 0.3) is 22.5 Å². The van der Waals surface area contributed by atoms with E-state index in [0.29, 0.717) is 25.9 Å². The lowest BCUT2D eigenvalue weighted by Gasteiger charge is -2.09. The van der Waals surface area contributed by atoms with E-state index in [9.17, 15) is 4.79 Å². The summed E-state index contributed by atoms with van der Waals surface area (Å²) in [6.45, 7) is 0.155. The molecule has 3 aromatic heterocycles. The predicted octanol–water partition coefficient (Wildman–Crippen LogP) is 5.50. The van der Waals surface area contributed by atoms with Gasteiger partial charge >= 0.3 is 0 Å². The number of hydrogen-bond acceptors (Lipinski definition) is 6. The number of benzene rings is 1. The van der Waals surface area contributed by atoms with E-state index in [1.807, 2.05) is 0 Å². The summed E-state index contributed by atoms with van der Waals surface area (Å²) in [5.41, 5.74) is 0.197. The molecule has 0 saturated carbocycles. The summed E-state index contributed by atoms with van der Waals surface area (Å²) < 4.78 is 18.1. The molecule has 0 radical (unpaired) electrons. The SMILES string of the molecule is O=c1c(OCc2cnc(Cl)s2)c(-c2ccc(Br)o2)oc2ccccc12. The standard InChI is InChI=1S/C17H9BrClNO4S/c18-13-6-5-12(23-13)15-16(22-8-9-7-20-17(19)25-9)14(21)10-3-1-2-4-11(10)24-15/h1-7H,8H2. The summed E-state index contributed by atoms with van der Waals surface area (Å²) in [5, 5.41) is 0.439. The monoisotopic (exact) mass is 437 g/mol. The average molecular weight is 439 g/mol. The van der Waals surface area contributed by atoms with Gasteiger partial charge in [-0.1, -0.05) is 23.7 Å². The van der Waals surface area contributed by atoms with E-state index in [-0.39, 0.29) is 23.5 Å². The number of hydrogen-bond donors (Lipinski definition) is 0. The second-order valence-electron chi connectivity index (χ2n) is 5.06. The fraction of sp³-hybridized carbons (Fsp3) is 0.0588.